The molecule has 0 bridgehead atoms. The van der Waals surface area contributed by atoms with Crippen molar-refractivity contribution in [1.29, 1.82) is 5.26 Å². The van der Waals surface area contributed by atoms with E-state index in [1.165, 1.54) is 37.4 Å². The van der Waals surface area contributed by atoms with Crippen LogP contribution in [0.1, 0.15) is 5.56 Å². The Bertz CT molecular complexity index is 1140. The third-order valence-electron chi connectivity index (χ3n) is 4.00. The van der Waals surface area contributed by atoms with Gasteiger partial charge in [-0.15, -0.1) is 0 Å². The van der Waals surface area contributed by atoms with E-state index in [1.807, 2.05) is 6.07 Å². The van der Waals surface area contributed by atoms with Crippen molar-refractivity contribution >= 4 is 15.7 Å². The fourth-order valence-electron chi connectivity index (χ4n) is 2.51. The third kappa shape index (κ3) is 4.78. The second kappa shape index (κ2) is 8.54. The number of rotatable bonds is 7. The molecule has 0 aromatic heterocycles. The quantitative estimate of drug-likeness (QED) is 0.628. The lowest BCUT2D eigenvalue weighted by molar-refractivity contribution is 0.378. The summed E-state index contributed by atoms with van der Waals surface area (Å²) in [5.74, 6) is 2.02. The van der Waals surface area contributed by atoms with Gasteiger partial charge in [0.15, 0.2) is 11.5 Å². The van der Waals surface area contributed by atoms with E-state index in [1.54, 1.807) is 43.5 Å². The van der Waals surface area contributed by atoms with E-state index >= 15 is 0 Å². The van der Waals surface area contributed by atoms with Crippen LogP contribution in [0.15, 0.2) is 71.6 Å². The molecule has 7 nitrogen and oxygen atoms in total. The predicted molar refractivity (Wildman–Crippen MR) is 108 cm³/mol. The number of nitriles is 1. The van der Waals surface area contributed by atoms with Crippen LogP contribution < -0.4 is 18.9 Å². The molecule has 0 aliphatic carbocycles. The summed E-state index contributed by atoms with van der Waals surface area (Å²) < 4.78 is 44.0. The van der Waals surface area contributed by atoms with Crippen molar-refractivity contribution in [3.05, 3.63) is 72.3 Å². The van der Waals surface area contributed by atoms with Crippen molar-refractivity contribution in [1.82, 2.24) is 0 Å². The number of anilines is 1. The Labute approximate surface area is 169 Å². The minimum absolute atomic E-state index is 0.0462. The van der Waals surface area contributed by atoms with E-state index in [9.17, 15) is 8.42 Å². The maximum Gasteiger partial charge on any atom is 0.261 e. The first-order chi connectivity index (χ1) is 13.9. The summed E-state index contributed by atoms with van der Waals surface area (Å²) >= 11 is 0. The maximum absolute atomic E-state index is 12.6. The van der Waals surface area contributed by atoms with Crippen LogP contribution in [0.25, 0.3) is 0 Å². The summed E-state index contributed by atoms with van der Waals surface area (Å²) in [5, 5.41) is 8.85. The molecule has 1 N–H and O–H groups in total. The van der Waals surface area contributed by atoms with Crippen LogP contribution in [0.4, 0.5) is 5.69 Å². The summed E-state index contributed by atoms with van der Waals surface area (Å²) in [6.07, 6.45) is 0. The van der Waals surface area contributed by atoms with Crippen LogP contribution in [0, 0.1) is 11.3 Å². The monoisotopic (exact) mass is 410 g/mol. The first-order valence-corrected chi connectivity index (χ1v) is 9.96. The van der Waals surface area contributed by atoms with E-state index in [4.69, 9.17) is 19.5 Å². The summed E-state index contributed by atoms with van der Waals surface area (Å²) in [6.45, 7) is 0. The zero-order chi connectivity index (χ0) is 20.9. The van der Waals surface area contributed by atoms with Gasteiger partial charge in [0.1, 0.15) is 11.5 Å². The average Bonchev–Trinajstić information content (AvgIpc) is 2.74. The Kier molecular flexibility index (Phi) is 5.90. The van der Waals surface area contributed by atoms with Crippen molar-refractivity contribution < 1.29 is 22.6 Å². The number of hydrogen-bond acceptors (Lipinski definition) is 6. The number of hydrogen-bond donors (Lipinski definition) is 1. The molecule has 3 aromatic carbocycles. The molecule has 0 saturated carbocycles. The highest BCUT2D eigenvalue weighted by Crippen LogP contribution is 2.35. The number of nitrogens with zero attached hydrogens (tertiary/aromatic N) is 1. The number of benzene rings is 3. The first kappa shape index (κ1) is 20.0. The molecule has 0 atom stereocenters. The molecule has 148 valence electrons. The second-order valence-corrected chi connectivity index (χ2v) is 7.57. The van der Waals surface area contributed by atoms with Crippen molar-refractivity contribution in [2.24, 2.45) is 0 Å². The van der Waals surface area contributed by atoms with Crippen molar-refractivity contribution in [3.8, 4) is 29.1 Å². The summed E-state index contributed by atoms with van der Waals surface area (Å²) in [7, 11) is -0.760. The van der Waals surface area contributed by atoms with Crippen molar-refractivity contribution in [2.75, 3.05) is 18.9 Å². The molecule has 0 heterocycles. The topological polar surface area (TPSA) is 97.6 Å². The number of nitrogens with one attached hydrogen (secondary N) is 1. The zero-order valence-electron chi connectivity index (χ0n) is 15.7. The van der Waals surface area contributed by atoms with Crippen LogP contribution in [-0.2, 0) is 10.0 Å². The molecule has 0 radical (unpaired) electrons. The van der Waals surface area contributed by atoms with Gasteiger partial charge in [-0.1, -0.05) is 0 Å². The van der Waals surface area contributed by atoms with Gasteiger partial charge in [0.05, 0.1) is 36.4 Å². The lowest BCUT2D eigenvalue weighted by Gasteiger charge is -2.14. The largest absolute Gasteiger partial charge is 0.497 e. The molecule has 0 saturated heterocycles. The zero-order valence-corrected chi connectivity index (χ0v) is 16.6. The molecule has 0 aliphatic heterocycles. The first-order valence-electron chi connectivity index (χ1n) is 8.48. The third-order valence-corrected chi connectivity index (χ3v) is 5.39. The van der Waals surface area contributed by atoms with E-state index < -0.39 is 10.0 Å². The number of methoxy groups -OCH3 is 2. The van der Waals surface area contributed by atoms with Gasteiger partial charge in [-0.3, -0.25) is 4.72 Å². The van der Waals surface area contributed by atoms with Crippen LogP contribution in [0.3, 0.4) is 0 Å². The molecule has 0 aliphatic rings. The number of ether oxygens (including phenoxy) is 3. The van der Waals surface area contributed by atoms with E-state index in [0.29, 0.717) is 34.2 Å². The molecule has 29 heavy (non-hydrogen) atoms. The van der Waals surface area contributed by atoms with E-state index in [-0.39, 0.29) is 4.90 Å². The van der Waals surface area contributed by atoms with Gasteiger partial charge in [0.25, 0.3) is 10.0 Å². The predicted octanol–water partition coefficient (Wildman–Crippen LogP) is 4.17. The lowest BCUT2D eigenvalue weighted by Crippen LogP contribution is -2.13. The Balaban J connectivity index is 1.86. The Morgan fingerprint density at radius 1 is 0.828 bits per heavy atom. The molecule has 0 fully saturated rings. The van der Waals surface area contributed by atoms with Crippen LogP contribution in [0.5, 0.6) is 23.0 Å². The molecule has 0 unspecified atom stereocenters. The summed E-state index contributed by atoms with van der Waals surface area (Å²) in [5.41, 5.74) is 0.683. The Morgan fingerprint density at radius 2 is 1.48 bits per heavy atom. The fraction of sp³-hybridized carbons (Fsp3) is 0.0952. The Morgan fingerprint density at radius 3 is 2.07 bits per heavy atom. The molecular weight excluding hydrogens is 392 g/mol. The van der Waals surface area contributed by atoms with Crippen LogP contribution in [-0.4, -0.2) is 22.6 Å². The van der Waals surface area contributed by atoms with Crippen molar-refractivity contribution in [2.45, 2.75) is 4.90 Å². The summed E-state index contributed by atoms with van der Waals surface area (Å²) in [6, 6.07) is 19.3. The minimum Gasteiger partial charge on any atom is -0.497 e. The van der Waals surface area contributed by atoms with Gasteiger partial charge in [0, 0.05) is 6.07 Å². The summed E-state index contributed by atoms with van der Waals surface area (Å²) in [4.78, 5) is 0.0462. The molecule has 3 aromatic rings. The van der Waals surface area contributed by atoms with Gasteiger partial charge in [0.2, 0.25) is 0 Å². The normalized spacial score (nSPS) is 10.7. The van der Waals surface area contributed by atoms with Crippen LogP contribution in [0.2, 0.25) is 0 Å². The smallest absolute Gasteiger partial charge is 0.261 e. The van der Waals surface area contributed by atoms with Crippen LogP contribution >= 0.6 is 0 Å². The number of sulfonamides is 1. The highest BCUT2D eigenvalue weighted by molar-refractivity contribution is 7.92. The fourth-order valence-corrected chi connectivity index (χ4v) is 3.56. The van der Waals surface area contributed by atoms with E-state index in [2.05, 4.69) is 4.72 Å². The standard InChI is InChI=1S/C21H18N2O5S/c1-26-17-6-8-18(9-7-17)28-21-13-16(5-12-20(21)27-2)23-29(24,25)19-10-3-15(14-22)4-11-19/h3-13,23H,1-2H3. The highest BCUT2D eigenvalue weighted by Gasteiger charge is 2.16. The molecule has 3 rings (SSSR count). The van der Waals surface area contributed by atoms with Gasteiger partial charge >= 0.3 is 0 Å². The average molecular weight is 410 g/mol. The maximum atomic E-state index is 12.6. The SMILES string of the molecule is COc1ccc(Oc2cc(NS(=O)(=O)c3ccc(C#N)cc3)ccc2OC)cc1. The van der Waals surface area contributed by atoms with Gasteiger partial charge in [-0.25, -0.2) is 8.42 Å². The highest BCUT2D eigenvalue weighted by atomic mass is 32.2. The van der Waals surface area contributed by atoms with Crippen molar-refractivity contribution in [3.63, 3.8) is 0 Å². The van der Waals surface area contributed by atoms with Gasteiger partial charge in [-0.2, -0.15) is 5.26 Å². The van der Waals surface area contributed by atoms with E-state index in [0.717, 1.165) is 0 Å². The van der Waals surface area contributed by atoms with Gasteiger partial charge in [-0.05, 0) is 60.7 Å². The van der Waals surface area contributed by atoms with Gasteiger partial charge < -0.3 is 14.2 Å². The minimum atomic E-state index is -3.83. The molecule has 8 heteroatoms. The Hall–Kier alpha value is -3.70. The molecule has 0 amide bonds. The molecule has 0 spiro atoms. The molecular formula is C21H18N2O5S. The second-order valence-electron chi connectivity index (χ2n) is 5.88. The lowest BCUT2D eigenvalue weighted by atomic mass is 10.2.